The van der Waals surface area contributed by atoms with Crippen LogP contribution in [0.1, 0.15) is 29.5 Å². The summed E-state index contributed by atoms with van der Waals surface area (Å²) in [4.78, 5) is 31.7. The Kier molecular flexibility index (Phi) is 6.82. The largest absolute Gasteiger partial charge is 0.384 e. The fourth-order valence-electron chi connectivity index (χ4n) is 3.53. The SMILES string of the molecule is Cc1ccc(C[C@H](NC(=O)[C@H]2CCCN2C)C(=O)NCc2ccc(N)nc2)cc1. The van der Waals surface area contributed by atoms with Crippen LogP contribution < -0.4 is 16.4 Å². The summed E-state index contributed by atoms with van der Waals surface area (Å²) in [5.74, 6) is 0.132. The number of rotatable bonds is 7. The monoisotopic (exact) mass is 395 g/mol. The minimum atomic E-state index is -0.638. The first-order valence-corrected chi connectivity index (χ1v) is 9.96. The molecule has 29 heavy (non-hydrogen) atoms. The molecule has 2 atom stereocenters. The number of aromatic nitrogens is 1. The second-order valence-electron chi connectivity index (χ2n) is 7.70. The van der Waals surface area contributed by atoms with Crippen LogP contribution in [0.2, 0.25) is 0 Å². The Bertz CT molecular complexity index is 835. The number of pyridine rings is 1. The van der Waals surface area contributed by atoms with E-state index in [1.54, 1.807) is 12.3 Å². The molecule has 0 unspecified atom stereocenters. The summed E-state index contributed by atoms with van der Waals surface area (Å²) in [7, 11) is 1.94. The molecule has 1 aliphatic heterocycles. The molecular formula is C22H29N5O2. The number of hydrogen-bond acceptors (Lipinski definition) is 5. The topological polar surface area (TPSA) is 100 Å². The van der Waals surface area contributed by atoms with Gasteiger partial charge in [0.2, 0.25) is 11.8 Å². The van der Waals surface area contributed by atoms with Crippen molar-refractivity contribution in [2.45, 2.75) is 44.8 Å². The second-order valence-corrected chi connectivity index (χ2v) is 7.70. The second kappa shape index (κ2) is 9.52. The van der Waals surface area contributed by atoms with Crippen molar-refractivity contribution in [3.05, 3.63) is 59.3 Å². The molecule has 1 fully saturated rings. The number of amides is 2. The number of hydrogen-bond donors (Lipinski definition) is 3. The molecular weight excluding hydrogens is 366 g/mol. The standard InChI is InChI=1S/C22H29N5O2/c1-15-5-7-16(8-6-15)12-18(26-22(29)19-4-3-11-27(19)2)21(28)25-14-17-9-10-20(23)24-13-17/h5-10,13,18-19H,3-4,11-12,14H2,1-2H3,(H2,23,24)(H,25,28)(H,26,29)/t18-,19+/m0/s1. The van der Waals surface area contributed by atoms with Crippen molar-refractivity contribution in [2.24, 2.45) is 0 Å². The van der Waals surface area contributed by atoms with E-state index < -0.39 is 6.04 Å². The average Bonchev–Trinajstić information content (AvgIpc) is 3.14. The first kappa shape index (κ1) is 20.8. The number of carbonyl (C=O) groups excluding carboxylic acids is 2. The predicted molar refractivity (Wildman–Crippen MR) is 113 cm³/mol. The summed E-state index contributed by atoms with van der Waals surface area (Å²) in [5.41, 5.74) is 8.61. The number of nitrogens with two attached hydrogens (primary N) is 1. The average molecular weight is 396 g/mol. The van der Waals surface area contributed by atoms with Crippen molar-refractivity contribution in [3.63, 3.8) is 0 Å². The van der Waals surface area contributed by atoms with Gasteiger partial charge in [0.05, 0.1) is 6.04 Å². The molecule has 7 heteroatoms. The zero-order valence-corrected chi connectivity index (χ0v) is 17.0. The first-order chi connectivity index (χ1) is 13.9. The Hall–Kier alpha value is -2.93. The molecule has 1 aromatic carbocycles. The Morgan fingerprint density at radius 3 is 2.55 bits per heavy atom. The fraction of sp³-hybridized carbons (Fsp3) is 0.409. The van der Waals surface area contributed by atoms with E-state index >= 15 is 0 Å². The van der Waals surface area contributed by atoms with Crippen LogP contribution in [-0.4, -0.2) is 47.4 Å². The summed E-state index contributed by atoms with van der Waals surface area (Å²) < 4.78 is 0. The molecule has 2 heterocycles. The predicted octanol–water partition coefficient (Wildman–Crippen LogP) is 1.41. The molecule has 154 valence electrons. The van der Waals surface area contributed by atoms with Gasteiger partial charge in [-0.15, -0.1) is 0 Å². The quantitative estimate of drug-likeness (QED) is 0.658. The van der Waals surface area contributed by atoms with E-state index in [2.05, 4.69) is 15.6 Å². The minimum Gasteiger partial charge on any atom is -0.384 e. The van der Waals surface area contributed by atoms with Crippen LogP contribution in [0.4, 0.5) is 5.82 Å². The maximum Gasteiger partial charge on any atom is 0.243 e. The zero-order chi connectivity index (χ0) is 20.8. The van der Waals surface area contributed by atoms with Crippen LogP contribution in [0.15, 0.2) is 42.6 Å². The molecule has 1 saturated heterocycles. The molecule has 0 saturated carbocycles. The molecule has 0 spiro atoms. The third-order valence-corrected chi connectivity index (χ3v) is 5.33. The van der Waals surface area contributed by atoms with Crippen molar-refractivity contribution in [2.75, 3.05) is 19.3 Å². The van der Waals surface area contributed by atoms with Gasteiger partial charge in [-0.3, -0.25) is 14.5 Å². The number of nitrogens with one attached hydrogen (secondary N) is 2. The molecule has 2 aromatic rings. The van der Waals surface area contributed by atoms with Crippen molar-refractivity contribution in [1.29, 1.82) is 0 Å². The molecule has 1 aromatic heterocycles. The van der Waals surface area contributed by atoms with Gasteiger partial charge in [0.25, 0.3) is 0 Å². The van der Waals surface area contributed by atoms with Crippen LogP contribution >= 0.6 is 0 Å². The zero-order valence-electron chi connectivity index (χ0n) is 17.0. The van der Waals surface area contributed by atoms with Gasteiger partial charge < -0.3 is 16.4 Å². The van der Waals surface area contributed by atoms with Gasteiger partial charge in [0, 0.05) is 19.2 Å². The first-order valence-electron chi connectivity index (χ1n) is 9.96. The lowest BCUT2D eigenvalue weighted by atomic mass is 10.0. The smallest absolute Gasteiger partial charge is 0.243 e. The summed E-state index contributed by atoms with van der Waals surface area (Å²) >= 11 is 0. The van der Waals surface area contributed by atoms with Crippen LogP contribution in [0, 0.1) is 6.92 Å². The Morgan fingerprint density at radius 2 is 1.93 bits per heavy atom. The molecule has 7 nitrogen and oxygen atoms in total. The number of carbonyl (C=O) groups is 2. The van der Waals surface area contributed by atoms with Crippen LogP contribution in [0.25, 0.3) is 0 Å². The van der Waals surface area contributed by atoms with Crippen molar-refractivity contribution in [3.8, 4) is 0 Å². The van der Waals surface area contributed by atoms with E-state index in [1.165, 1.54) is 0 Å². The lowest BCUT2D eigenvalue weighted by Crippen LogP contribution is -2.52. The number of anilines is 1. The van der Waals surface area contributed by atoms with Crippen molar-refractivity contribution in [1.82, 2.24) is 20.5 Å². The Labute approximate surface area is 171 Å². The number of nitrogen functional groups attached to an aromatic ring is 1. The maximum absolute atomic E-state index is 12.9. The lowest BCUT2D eigenvalue weighted by Gasteiger charge is -2.24. The van der Waals surface area contributed by atoms with Crippen LogP contribution in [-0.2, 0) is 22.6 Å². The van der Waals surface area contributed by atoms with E-state index in [9.17, 15) is 9.59 Å². The minimum absolute atomic E-state index is 0.0913. The van der Waals surface area contributed by atoms with Gasteiger partial charge >= 0.3 is 0 Å². The lowest BCUT2D eigenvalue weighted by molar-refractivity contribution is -0.131. The molecule has 3 rings (SSSR count). The number of aryl methyl sites for hydroxylation is 1. The summed E-state index contributed by atoms with van der Waals surface area (Å²) in [5, 5.41) is 5.88. The molecule has 0 aliphatic carbocycles. The Morgan fingerprint density at radius 1 is 1.21 bits per heavy atom. The summed E-state index contributed by atoms with van der Waals surface area (Å²) in [6.07, 6.45) is 3.89. The molecule has 2 amide bonds. The maximum atomic E-state index is 12.9. The normalized spacial score (nSPS) is 17.7. The van der Waals surface area contributed by atoms with E-state index in [4.69, 9.17) is 5.73 Å². The Balaban J connectivity index is 1.68. The highest BCUT2D eigenvalue weighted by Gasteiger charge is 2.31. The number of likely N-dealkylation sites (N-methyl/N-ethyl adjacent to an activating group) is 1. The van der Waals surface area contributed by atoms with Gasteiger partial charge in [0.1, 0.15) is 11.9 Å². The van der Waals surface area contributed by atoms with Gasteiger partial charge in [-0.2, -0.15) is 0 Å². The van der Waals surface area contributed by atoms with E-state index in [0.717, 1.165) is 36.1 Å². The number of benzene rings is 1. The van der Waals surface area contributed by atoms with E-state index in [-0.39, 0.29) is 17.9 Å². The summed E-state index contributed by atoms with van der Waals surface area (Å²) in [6.45, 7) is 3.25. The molecule has 0 bridgehead atoms. The molecule has 1 aliphatic rings. The molecule has 0 radical (unpaired) electrons. The van der Waals surface area contributed by atoms with E-state index in [1.807, 2.05) is 49.2 Å². The van der Waals surface area contributed by atoms with Crippen molar-refractivity contribution >= 4 is 17.6 Å². The van der Waals surface area contributed by atoms with Gasteiger partial charge in [-0.05, 0) is 50.6 Å². The van der Waals surface area contributed by atoms with Gasteiger partial charge in [-0.25, -0.2) is 4.98 Å². The van der Waals surface area contributed by atoms with Crippen LogP contribution in [0.3, 0.4) is 0 Å². The third-order valence-electron chi connectivity index (χ3n) is 5.33. The third kappa shape index (κ3) is 5.77. The highest BCUT2D eigenvalue weighted by atomic mass is 16.2. The van der Waals surface area contributed by atoms with Crippen LogP contribution in [0.5, 0.6) is 0 Å². The highest BCUT2D eigenvalue weighted by Crippen LogP contribution is 2.15. The number of likely N-dealkylation sites (tertiary alicyclic amines) is 1. The fourth-order valence-corrected chi connectivity index (χ4v) is 3.53. The number of nitrogens with zero attached hydrogens (tertiary/aromatic N) is 2. The molecule has 4 N–H and O–H groups in total. The van der Waals surface area contributed by atoms with Gasteiger partial charge in [-0.1, -0.05) is 35.9 Å². The van der Waals surface area contributed by atoms with E-state index in [0.29, 0.717) is 18.8 Å². The highest BCUT2D eigenvalue weighted by molar-refractivity contribution is 5.90. The van der Waals surface area contributed by atoms with Crippen molar-refractivity contribution < 1.29 is 9.59 Å². The van der Waals surface area contributed by atoms with Gasteiger partial charge in [0.15, 0.2) is 0 Å². The summed E-state index contributed by atoms with van der Waals surface area (Å²) in [6, 6.07) is 10.7.